The number of benzene rings is 2. The Hall–Kier alpha value is -4.31. The molecule has 0 fully saturated rings. The number of carbonyl (C=O) groups excluding carboxylic acids is 2. The van der Waals surface area contributed by atoms with Crippen molar-refractivity contribution in [2.24, 2.45) is 5.10 Å². The normalized spacial score (nSPS) is 11.0. The second kappa shape index (κ2) is 12.5. The lowest BCUT2D eigenvalue weighted by Gasteiger charge is -2.12. The van der Waals surface area contributed by atoms with Gasteiger partial charge in [-0.1, -0.05) is 0 Å². The SMILES string of the molecule is CCOc1cc(/C=N/NC(=O)c2ccc(COc3ccc(-n4c(C)ccc4C)cc3)o2)cc(Br)c1OC(C)=O. The van der Waals surface area contributed by atoms with E-state index in [0.29, 0.717) is 33.9 Å². The summed E-state index contributed by atoms with van der Waals surface area (Å²) in [5.74, 6) is 0.945. The third-order valence-electron chi connectivity index (χ3n) is 5.59. The molecular formula is C29H28BrN3O6. The molecule has 10 heteroatoms. The van der Waals surface area contributed by atoms with E-state index < -0.39 is 11.9 Å². The highest BCUT2D eigenvalue weighted by Gasteiger charge is 2.15. The van der Waals surface area contributed by atoms with Gasteiger partial charge >= 0.3 is 11.9 Å². The molecule has 4 aromatic rings. The molecule has 0 radical (unpaired) electrons. The Balaban J connectivity index is 1.33. The minimum atomic E-state index is -0.514. The molecule has 0 aliphatic carbocycles. The maximum atomic E-state index is 12.5. The molecule has 0 unspecified atom stereocenters. The number of hydrazone groups is 1. The van der Waals surface area contributed by atoms with E-state index in [2.05, 4.69) is 57.0 Å². The van der Waals surface area contributed by atoms with Gasteiger partial charge in [0, 0.05) is 24.0 Å². The van der Waals surface area contributed by atoms with Crippen LogP contribution >= 0.6 is 15.9 Å². The molecule has 0 spiro atoms. The van der Waals surface area contributed by atoms with Crippen molar-refractivity contribution in [2.75, 3.05) is 6.61 Å². The van der Waals surface area contributed by atoms with Crippen molar-refractivity contribution in [2.45, 2.75) is 34.3 Å². The summed E-state index contributed by atoms with van der Waals surface area (Å²) in [4.78, 5) is 23.9. The van der Waals surface area contributed by atoms with Crippen LogP contribution in [0.25, 0.3) is 5.69 Å². The molecule has 1 amide bonds. The van der Waals surface area contributed by atoms with Gasteiger partial charge in [-0.15, -0.1) is 0 Å². The van der Waals surface area contributed by atoms with Gasteiger partial charge in [0.05, 0.1) is 17.3 Å². The molecule has 0 atom stereocenters. The predicted molar refractivity (Wildman–Crippen MR) is 150 cm³/mol. The van der Waals surface area contributed by atoms with Crippen molar-refractivity contribution in [1.29, 1.82) is 0 Å². The molecule has 0 bridgehead atoms. The Morgan fingerprint density at radius 3 is 2.41 bits per heavy atom. The third kappa shape index (κ3) is 6.97. The molecule has 1 N–H and O–H groups in total. The Labute approximate surface area is 234 Å². The summed E-state index contributed by atoms with van der Waals surface area (Å²) in [5, 5.41) is 3.99. The Kier molecular flexibility index (Phi) is 8.88. The van der Waals surface area contributed by atoms with Gasteiger partial charge in [0.1, 0.15) is 18.1 Å². The van der Waals surface area contributed by atoms with Crippen LogP contribution in [-0.4, -0.2) is 29.3 Å². The van der Waals surface area contributed by atoms with Crippen LogP contribution in [0, 0.1) is 13.8 Å². The molecule has 2 heterocycles. The minimum absolute atomic E-state index is 0.0982. The lowest BCUT2D eigenvalue weighted by Crippen LogP contribution is -2.16. The monoisotopic (exact) mass is 593 g/mol. The van der Waals surface area contributed by atoms with Gasteiger partial charge in [0.2, 0.25) is 0 Å². The predicted octanol–water partition coefficient (Wildman–Crippen LogP) is 6.12. The van der Waals surface area contributed by atoms with Crippen molar-refractivity contribution in [3.8, 4) is 22.9 Å². The van der Waals surface area contributed by atoms with Crippen LogP contribution in [0.2, 0.25) is 0 Å². The van der Waals surface area contributed by atoms with E-state index >= 15 is 0 Å². The zero-order valence-electron chi connectivity index (χ0n) is 22.0. The van der Waals surface area contributed by atoms with Crippen molar-refractivity contribution < 1.29 is 28.2 Å². The number of amides is 1. The van der Waals surface area contributed by atoms with E-state index in [1.54, 1.807) is 24.3 Å². The third-order valence-corrected chi connectivity index (χ3v) is 6.18. The van der Waals surface area contributed by atoms with E-state index in [1.807, 2.05) is 31.2 Å². The fraction of sp³-hybridized carbons (Fsp3) is 0.207. The number of carbonyl (C=O) groups is 2. The zero-order valence-corrected chi connectivity index (χ0v) is 23.6. The number of aromatic nitrogens is 1. The van der Waals surface area contributed by atoms with Crippen LogP contribution in [0.5, 0.6) is 17.2 Å². The number of nitrogens with zero attached hydrogens (tertiary/aromatic N) is 2. The van der Waals surface area contributed by atoms with E-state index in [4.69, 9.17) is 18.6 Å². The second-order valence-corrected chi connectivity index (χ2v) is 9.41. The van der Waals surface area contributed by atoms with Crippen LogP contribution in [-0.2, 0) is 11.4 Å². The average Bonchev–Trinajstić information content (AvgIpc) is 3.51. The van der Waals surface area contributed by atoms with Crippen LogP contribution in [0.3, 0.4) is 0 Å². The molecule has 0 saturated heterocycles. The average molecular weight is 594 g/mol. The smallest absolute Gasteiger partial charge is 0.308 e. The molecular weight excluding hydrogens is 566 g/mol. The molecule has 4 rings (SSSR count). The maximum Gasteiger partial charge on any atom is 0.308 e. The van der Waals surface area contributed by atoms with Gasteiger partial charge in [0.25, 0.3) is 0 Å². The Morgan fingerprint density at radius 1 is 1.03 bits per heavy atom. The van der Waals surface area contributed by atoms with Gasteiger partial charge in [-0.05, 0) is 103 Å². The number of nitrogens with one attached hydrogen (secondary N) is 1. The molecule has 0 saturated carbocycles. The largest absolute Gasteiger partial charge is 0.490 e. The molecule has 2 aromatic heterocycles. The van der Waals surface area contributed by atoms with Gasteiger partial charge in [0.15, 0.2) is 17.3 Å². The lowest BCUT2D eigenvalue weighted by molar-refractivity contribution is -0.132. The first-order chi connectivity index (χ1) is 18.7. The molecule has 0 aliphatic rings. The van der Waals surface area contributed by atoms with E-state index in [-0.39, 0.29) is 18.1 Å². The number of rotatable bonds is 10. The summed E-state index contributed by atoms with van der Waals surface area (Å²) >= 11 is 3.37. The van der Waals surface area contributed by atoms with Crippen LogP contribution < -0.4 is 19.6 Å². The fourth-order valence-corrected chi connectivity index (χ4v) is 4.43. The van der Waals surface area contributed by atoms with Gasteiger partial charge in [-0.25, -0.2) is 5.43 Å². The number of hydrogen-bond donors (Lipinski definition) is 1. The summed E-state index contributed by atoms with van der Waals surface area (Å²) < 4.78 is 24.9. The number of furan rings is 1. The first kappa shape index (κ1) is 27.7. The number of esters is 1. The van der Waals surface area contributed by atoms with Crippen molar-refractivity contribution in [3.63, 3.8) is 0 Å². The van der Waals surface area contributed by atoms with Crippen molar-refractivity contribution in [3.05, 3.63) is 93.6 Å². The maximum absolute atomic E-state index is 12.5. The summed E-state index contributed by atoms with van der Waals surface area (Å²) in [5.41, 5.74) is 6.42. The topological polar surface area (TPSA) is 104 Å². The van der Waals surface area contributed by atoms with E-state index in [0.717, 1.165) is 17.1 Å². The molecule has 202 valence electrons. The molecule has 2 aromatic carbocycles. The van der Waals surface area contributed by atoms with Crippen LogP contribution in [0.15, 0.2) is 74.7 Å². The fourth-order valence-electron chi connectivity index (χ4n) is 3.89. The highest BCUT2D eigenvalue weighted by molar-refractivity contribution is 9.10. The Bertz CT molecular complexity index is 1480. The van der Waals surface area contributed by atoms with Gasteiger partial charge < -0.3 is 23.2 Å². The molecule has 9 nitrogen and oxygen atoms in total. The van der Waals surface area contributed by atoms with E-state index in [1.165, 1.54) is 13.1 Å². The number of hydrogen-bond acceptors (Lipinski definition) is 7. The summed E-state index contributed by atoms with van der Waals surface area (Å²) in [6.07, 6.45) is 1.44. The summed E-state index contributed by atoms with van der Waals surface area (Å²) in [6, 6.07) is 18.5. The lowest BCUT2D eigenvalue weighted by atomic mass is 10.2. The highest BCUT2D eigenvalue weighted by Crippen LogP contribution is 2.36. The van der Waals surface area contributed by atoms with E-state index in [9.17, 15) is 9.59 Å². The first-order valence-corrected chi connectivity index (χ1v) is 13.0. The van der Waals surface area contributed by atoms with Crippen molar-refractivity contribution >= 4 is 34.0 Å². The van der Waals surface area contributed by atoms with Crippen LogP contribution in [0.4, 0.5) is 0 Å². The molecule has 39 heavy (non-hydrogen) atoms. The molecule has 0 aliphatic heterocycles. The number of aryl methyl sites for hydroxylation is 2. The van der Waals surface area contributed by atoms with Gasteiger partial charge in [-0.3, -0.25) is 9.59 Å². The summed E-state index contributed by atoms with van der Waals surface area (Å²) in [6.45, 7) is 7.80. The first-order valence-electron chi connectivity index (χ1n) is 12.2. The Morgan fingerprint density at radius 2 is 1.74 bits per heavy atom. The zero-order chi connectivity index (χ0) is 27.9. The standard InChI is InChI=1S/C29H28BrN3O6/c1-5-36-27-15-21(14-25(30)28(27)38-20(4)34)16-31-32-29(35)26-13-12-24(39-26)17-37-23-10-8-22(9-11-23)33-18(2)6-7-19(33)3/h6-16H,5,17H2,1-4H3,(H,32,35)/b31-16+. The highest BCUT2D eigenvalue weighted by atomic mass is 79.9. The number of ether oxygens (including phenoxy) is 3. The second-order valence-electron chi connectivity index (χ2n) is 8.56. The summed E-state index contributed by atoms with van der Waals surface area (Å²) in [7, 11) is 0. The minimum Gasteiger partial charge on any atom is -0.490 e. The number of halogens is 1. The quantitative estimate of drug-likeness (QED) is 0.103. The van der Waals surface area contributed by atoms with Crippen LogP contribution in [0.1, 0.15) is 47.1 Å². The van der Waals surface area contributed by atoms with Gasteiger partial charge in [-0.2, -0.15) is 5.10 Å². The van der Waals surface area contributed by atoms with Crippen molar-refractivity contribution in [1.82, 2.24) is 9.99 Å².